The Morgan fingerprint density at radius 1 is 1.17 bits per heavy atom. The van der Waals surface area contributed by atoms with Crippen molar-refractivity contribution < 1.29 is 10.0 Å². The van der Waals surface area contributed by atoms with Gasteiger partial charge in [-0.2, -0.15) is 5.11 Å². The molecule has 0 aliphatic rings. The Hall–Kier alpha value is -3.22. The second-order valence-electron chi connectivity index (χ2n) is 4.91. The van der Waals surface area contributed by atoms with Crippen LogP contribution in [0.3, 0.4) is 0 Å². The highest BCUT2D eigenvalue weighted by Gasteiger charge is 2.15. The van der Waals surface area contributed by atoms with Crippen LogP contribution in [0.4, 0.5) is 17.1 Å². The Labute approximate surface area is 131 Å². The highest BCUT2D eigenvalue weighted by Crippen LogP contribution is 2.39. The van der Waals surface area contributed by atoms with Crippen LogP contribution in [0.1, 0.15) is 6.92 Å². The van der Waals surface area contributed by atoms with E-state index in [-0.39, 0.29) is 11.6 Å². The van der Waals surface area contributed by atoms with E-state index < -0.39 is 4.92 Å². The molecular formula is C16H14N4O3. The lowest BCUT2D eigenvalue weighted by Crippen LogP contribution is -1.91. The molecule has 0 amide bonds. The highest BCUT2D eigenvalue weighted by atomic mass is 16.6. The van der Waals surface area contributed by atoms with Gasteiger partial charge in [-0.05, 0) is 19.1 Å². The van der Waals surface area contributed by atoms with E-state index in [2.05, 4.69) is 10.2 Å². The van der Waals surface area contributed by atoms with Gasteiger partial charge in [0.1, 0.15) is 0 Å². The summed E-state index contributed by atoms with van der Waals surface area (Å²) in [5.41, 5.74) is 1.52. The fraction of sp³-hybridized carbons (Fsp3) is 0.125. The number of nitro groups is 1. The number of hydrogen-bond acceptors (Lipinski definition) is 5. The van der Waals surface area contributed by atoms with E-state index in [1.165, 1.54) is 12.1 Å². The quantitative estimate of drug-likeness (QED) is 0.430. The molecule has 1 aromatic heterocycles. The maximum atomic E-state index is 10.8. The fourth-order valence-corrected chi connectivity index (χ4v) is 2.47. The van der Waals surface area contributed by atoms with Crippen molar-refractivity contribution >= 4 is 28.0 Å². The molecule has 3 aromatic rings. The van der Waals surface area contributed by atoms with Gasteiger partial charge in [0.2, 0.25) is 5.88 Å². The lowest BCUT2D eigenvalue weighted by atomic mass is 10.2. The summed E-state index contributed by atoms with van der Waals surface area (Å²) < 4.78 is 1.73. The van der Waals surface area contributed by atoms with Crippen molar-refractivity contribution in [2.24, 2.45) is 10.2 Å². The number of azo groups is 1. The Kier molecular flexibility index (Phi) is 3.76. The van der Waals surface area contributed by atoms with Crippen LogP contribution in [0.15, 0.2) is 58.8 Å². The molecule has 2 aromatic carbocycles. The number of para-hydroxylation sites is 1. The number of rotatable bonds is 4. The molecule has 7 heteroatoms. The molecule has 7 nitrogen and oxygen atoms in total. The van der Waals surface area contributed by atoms with Crippen LogP contribution < -0.4 is 0 Å². The van der Waals surface area contributed by atoms with Crippen LogP contribution in [0, 0.1) is 10.1 Å². The van der Waals surface area contributed by atoms with Crippen LogP contribution in [-0.2, 0) is 6.54 Å². The van der Waals surface area contributed by atoms with E-state index in [0.717, 1.165) is 10.9 Å². The fourth-order valence-electron chi connectivity index (χ4n) is 2.47. The molecule has 0 atom stereocenters. The Bertz CT molecular complexity index is 915. The molecular weight excluding hydrogens is 296 g/mol. The van der Waals surface area contributed by atoms with Crippen LogP contribution in [-0.4, -0.2) is 14.6 Å². The van der Waals surface area contributed by atoms with E-state index in [1.807, 2.05) is 31.2 Å². The van der Waals surface area contributed by atoms with Crippen molar-refractivity contribution in [1.29, 1.82) is 0 Å². The van der Waals surface area contributed by atoms with Gasteiger partial charge in [-0.1, -0.05) is 24.3 Å². The number of aromatic hydroxyl groups is 1. The molecule has 3 rings (SSSR count). The third-order valence-electron chi connectivity index (χ3n) is 3.54. The van der Waals surface area contributed by atoms with Gasteiger partial charge in [0.05, 0.1) is 16.1 Å². The number of nitro benzene ring substituents is 1. The monoisotopic (exact) mass is 310 g/mol. The number of aryl methyl sites for hydroxylation is 1. The number of hydrogen-bond donors (Lipinski definition) is 1. The van der Waals surface area contributed by atoms with Crippen molar-refractivity contribution in [3.63, 3.8) is 0 Å². The number of nitrogens with zero attached hydrogens (tertiary/aromatic N) is 4. The standard InChI is InChI=1S/C16H14N4O3/c1-2-19-14-9-4-3-8-13(14)15(16(19)21)18-17-11-6-5-7-12(10-11)20(22)23/h3-10,21H,2H2,1H3. The van der Waals surface area contributed by atoms with Crippen LogP contribution in [0.5, 0.6) is 5.88 Å². The van der Waals surface area contributed by atoms with Gasteiger partial charge in [0.25, 0.3) is 5.69 Å². The van der Waals surface area contributed by atoms with Crippen LogP contribution >= 0.6 is 0 Å². The summed E-state index contributed by atoms with van der Waals surface area (Å²) in [6.45, 7) is 2.52. The molecule has 0 radical (unpaired) electrons. The molecule has 116 valence electrons. The van der Waals surface area contributed by atoms with Crippen LogP contribution in [0.2, 0.25) is 0 Å². The van der Waals surface area contributed by atoms with Crippen LogP contribution in [0.25, 0.3) is 10.9 Å². The number of fused-ring (bicyclic) bond motifs is 1. The molecule has 0 saturated heterocycles. The van der Waals surface area contributed by atoms with E-state index in [9.17, 15) is 15.2 Å². The predicted octanol–water partition coefficient (Wildman–Crippen LogP) is 4.69. The summed E-state index contributed by atoms with van der Waals surface area (Å²) in [5.74, 6) is 0.0304. The largest absolute Gasteiger partial charge is 0.493 e. The smallest absolute Gasteiger partial charge is 0.271 e. The third-order valence-corrected chi connectivity index (χ3v) is 3.54. The zero-order chi connectivity index (χ0) is 16.4. The first-order valence-corrected chi connectivity index (χ1v) is 7.08. The highest BCUT2D eigenvalue weighted by molar-refractivity contribution is 5.94. The van der Waals surface area contributed by atoms with Gasteiger partial charge in [-0.15, -0.1) is 5.11 Å². The maximum Gasteiger partial charge on any atom is 0.271 e. The molecule has 0 fully saturated rings. The normalized spacial score (nSPS) is 11.3. The van der Waals surface area contributed by atoms with Gasteiger partial charge >= 0.3 is 0 Å². The first kappa shape index (κ1) is 14.7. The summed E-state index contributed by atoms with van der Waals surface area (Å²) in [4.78, 5) is 10.3. The van der Waals surface area contributed by atoms with Gasteiger partial charge in [0, 0.05) is 24.1 Å². The first-order chi connectivity index (χ1) is 11.1. The minimum Gasteiger partial charge on any atom is -0.493 e. The molecule has 1 N–H and O–H groups in total. The Morgan fingerprint density at radius 2 is 1.96 bits per heavy atom. The topological polar surface area (TPSA) is 93.0 Å². The van der Waals surface area contributed by atoms with Crippen molar-refractivity contribution in [2.45, 2.75) is 13.5 Å². The number of benzene rings is 2. The third kappa shape index (κ3) is 2.64. The van der Waals surface area contributed by atoms with E-state index in [1.54, 1.807) is 16.7 Å². The average Bonchev–Trinajstić information content (AvgIpc) is 2.84. The van der Waals surface area contributed by atoms with Crippen molar-refractivity contribution in [2.75, 3.05) is 0 Å². The second kappa shape index (κ2) is 5.88. The van der Waals surface area contributed by atoms with E-state index >= 15 is 0 Å². The molecule has 1 heterocycles. The summed E-state index contributed by atoms with van der Waals surface area (Å²) in [6.07, 6.45) is 0. The number of aromatic nitrogens is 1. The first-order valence-electron chi connectivity index (χ1n) is 7.08. The molecule has 0 bridgehead atoms. The predicted molar refractivity (Wildman–Crippen MR) is 86.5 cm³/mol. The van der Waals surface area contributed by atoms with Crippen molar-refractivity contribution in [1.82, 2.24) is 4.57 Å². The summed E-state index contributed by atoms with van der Waals surface area (Å²) in [5, 5.41) is 30.0. The molecule has 0 aliphatic heterocycles. The Morgan fingerprint density at radius 3 is 2.70 bits per heavy atom. The van der Waals surface area contributed by atoms with Gasteiger partial charge < -0.3 is 9.67 Å². The van der Waals surface area contributed by atoms with Crippen molar-refractivity contribution in [3.8, 4) is 5.88 Å². The molecule has 23 heavy (non-hydrogen) atoms. The molecule has 0 aliphatic carbocycles. The van der Waals surface area contributed by atoms with E-state index in [4.69, 9.17) is 0 Å². The Balaban J connectivity index is 2.06. The lowest BCUT2D eigenvalue weighted by Gasteiger charge is -2.00. The van der Waals surface area contributed by atoms with Gasteiger partial charge in [-0.3, -0.25) is 10.1 Å². The maximum absolute atomic E-state index is 10.8. The zero-order valence-electron chi connectivity index (χ0n) is 12.4. The SMILES string of the molecule is CCn1c(O)c(N=Nc2cccc([N+](=O)[O-])c2)c2ccccc21. The van der Waals surface area contributed by atoms with Crippen molar-refractivity contribution in [3.05, 3.63) is 58.6 Å². The van der Waals surface area contributed by atoms with Gasteiger partial charge in [0.15, 0.2) is 5.69 Å². The molecule has 0 spiro atoms. The minimum atomic E-state index is -0.487. The average molecular weight is 310 g/mol. The van der Waals surface area contributed by atoms with E-state index in [0.29, 0.717) is 17.9 Å². The number of non-ortho nitro benzene ring substituents is 1. The van der Waals surface area contributed by atoms with Gasteiger partial charge in [-0.25, -0.2) is 0 Å². The summed E-state index contributed by atoms with van der Waals surface area (Å²) >= 11 is 0. The summed E-state index contributed by atoms with van der Waals surface area (Å²) in [6, 6.07) is 13.4. The molecule has 0 unspecified atom stereocenters. The second-order valence-corrected chi connectivity index (χ2v) is 4.91. The lowest BCUT2D eigenvalue weighted by molar-refractivity contribution is -0.384. The zero-order valence-corrected chi connectivity index (χ0v) is 12.4. The molecule has 0 saturated carbocycles. The summed E-state index contributed by atoms with van der Waals surface area (Å²) in [7, 11) is 0. The minimum absolute atomic E-state index is 0.0304.